The number of rotatable bonds is 4. The summed E-state index contributed by atoms with van der Waals surface area (Å²) >= 11 is 1.42. The first-order valence-electron chi connectivity index (χ1n) is 7.51. The molecular formula is C17H13N5O2S. The number of thiophene rings is 1. The van der Waals surface area contributed by atoms with Crippen molar-refractivity contribution in [3.63, 3.8) is 0 Å². The van der Waals surface area contributed by atoms with Crippen molar-refractivity contribution in [2.45, 2.75) is 6.92 Å². The molecule has 4 aromatic rings. The molecule has 0 bridgehead atoms. The van der Waals surface area contributed by atoms with E-state index >= 15 is 0 Å². The Bertz CT molecular complexity index is 1020. The van der Waals surface area contributed by atoms with Crippen LogP contribution in [-0.2, 0) is 0 Å². The highest BCUT2D eigenvalue weighted by Gasteiger charge is 2.17. The average Bonchev–Trinajstić information content (AvgIpc) is 3.35. The number of carbonyl (C=O) groups excluding carboxylic acids is 1. The van der Waals surface area contributed by atoms with Crippen LogP contribution in [0.4, 0.5) is 5.69 Å². The molecule has 3 heterocycles. The first-order chi connectivity index (χ1) is 12.2. The van der Waals surface area contributed by atoms with Gasteiger partial charge in [0.2, 0.25) is 0 Å². The summed E-state index contributed by atoms with van der Waals surface area (Å²) < 4.78 is 5.18. The molecule has 2 N–H and O–H groups in total. The summed E-state index contributed by atoms with van der Waals surface area (Å²) in [4.78, 5) is 17.4. The first kappa shape index (κ1) is 15.3. The quantitative estimate of drug-likeness (QED) is 0.584. The number of hydrogen-bond acceptors (Lipinski definition) is 6. The zero-order chi connectivity index (χ0) is 17.2. The summed E-state index contributed by atoms with van der Waals surface area (Å²) in [6.45, 7) is 1.74. The Kier molecular flexibility index (Phi) is 3.87. The van der Waals surface area contributed by atoms with Gasteiger partial charge in [0.25, 0.3) is 11.8 Å². The summed E-state index contributed by atoms with van der Waals surface area (Å²) in [7, 11) is 0. The highest BCUT2D eigenvalue weighted by molar-refractivity contribution is 7.14. The molecule has 0 aliphatic heterocycles. The van der Waals surface area contributed by atoms with Crippen molar-refractivity contribution in [1.29, 1.82) is 0 Å². The van der Waals surface area contributed by atoms with Crippen LogP contribution in [0.3, 0.4) is 0 Å². The molecule has 4 rings (SSSR count). The Balaban J connectivity index is 1.56. The molecule has 0 unspecified atom stereocenters. The van der Waals surface area contributed by atoms with E-state index in [0.29, 0.717) is 28.8 Å². The first-order valence-corrected chi connectivity index (χ1v) is 8.39. The summed E-state index contributed by atoms with van der Waals surface area (Å²) in [5.41, 5.74) is 2.64. The molecule has 0 saturated heterocycles. The molecule has 8 heteroatoms. The van der Waals surface area contributed by atoms with Gasteiger partial charge in [-0.1, -0.05) is 35.5 Å². The smallest absolute Gasteiger partial charge is 0.273 e. The van der Waals surface area contributed by atoms with Gasteiger partial charge in [0.05, 0.1) is 11.4 Å². The second-order valence-electron chi connectivity index (χ2n) is 5.30. The largest absolute Gasteiger partial charge is 0.333 e. The summed E-state index contributed by atoms with van der Waals surface area (Å²) in [5.74, 6) is 0.643. The fourth-order valence-electron chi connectivity index (χ4n) is 2.35. The lowest BCUT2D eigenvalue weighted by atomic mass is 10.1. The number of aromatic amines is 1. The number of carbonyl (C=O) groups is 1. The molecule has 0 aliphatic carbocycles. The average molecular weight is 351 g/mol. The van der Waals surface area contributed by atoms with Crippen LogP contribution in [0.1, 0.15) is 16.3 Å². The number of benzene rings is 1. The number of anilines is 1. The number of aromatic nitrogens is 4. The molecular weight excluding hydrogens is 338 g/mol. The normalized spacial score (nSPS) is 10.8. The van der Waals surface area contributed by atoms with Crippen molar-refractivity contribution in [3.05, 3.63) is 59.4 Å². The second kappa shape index (κ2) is 6.33. The lowest BCUT2D eigenvalue weighted by Crippen LogP contribution is -2.12. The van der Waals surface area contributed by atoms with Crippen LogP contribution >= 0.6 is 11.3 Å². The molecule has 0 atom stereocenters. The fraction of sp³-hybridized carbons (Fsp3) is 0.0588. The molecule has 1 amide bonds. The molecule has 7 nitrogen and oxygen atoms in total. The Morgan fingerprint density at radius 3 is 2.84 bits per heavy atom. The fourth-order valence-corrected chi connectivity index (χ4v) is 3.12. The van der Waals surface area contributed by atoms with Gasteiger partial charge in [-0.2, -0.15) is 10.1 Å². The highest BCUT2D eigenvalue weighted by atomic mass is 32.1. The van der Waals surface area contributed by atoms with Gasteiger partial charge in [0.1, 0.15) is 10.6 Å². The maximum absolute atomic E-state index is 12.5. The molecule has 1 aromatic carbocycles. The van der Waals surface area contributed by atoms with Crippen LogP contribution in [0.15, 0.2) is 52.4 Å². The zero-order valence-electron chi connectivity index (χ0n) is 13.2. The highest BCUT2D eigenvalue weighted by Crippen LogP contribution is 2.32. The van der Waals surface area contributed by atoms with E-state index in [-0.39, 0.29) is 5.91 Å². The monoisotopic (exact) mass is 351 g/mol. The van der Waals surface area contributed by atoms with E-state index in [1.54, 1.807) is 19.1 Å². The van der Waals surface area contributed by atoms with Gasteiger partial charge < -0.3 is 9.84 Å². The number of nitrogens with one attached hydrogen (secondary N) is 2. The minimum absolute atomic E-state index is 0.287. The van der Waals surface area contributed by atoms with Gasteiger partial charge in [-0.25, -0.2) is 0 Å². The summed E-state index contributed by atoms with van der Waals surface area (Å²) in [6, 6.07) is 13.2. The Hall–Kier alpha value is -3.26. The van der Waals surface area contributed by atoms with Gasteiger partial charge in [-0.05, 0) is 24.4 Å². The predicted octanol–water partition coefficient (Wildman–Crippen LogP) is 3.75. The van der Waals surface area contributed by atoms with Crippen LogP contribution in [-0.4, -0.2) is 26.2 Å². The number of aryl methyl sites for hydroxylation is 1. The lowest BCUT2D eigenvalue weighted by Gasteiger charge is -2.02. The minimum atomic E-state index is -0.287. The Labute approximate surface area is 146 Å². The number of hydrogen-bond donors (Lipinski definition) is 2. The van der Waals surface area contributed by atoms with Crippen LogP contribution < -0.4 is 5.32 Å². The van der Waals surface area contributed by atoms with Crippen molar-refractivity contribution in [2.24, 2.45) is 0 Å². The van der Waals surface area contributed by atoms with E-state index in [4.69, 9.17) is 4.52 Å². The Morgan fingerprint density at radius 2 is 2.08 bits per heavy atom. The van der Waals surface area contributed by atoms with Crippen LogP contribution in [0.5, 0.6) is 0 Å². The van der Waals surface area contributed by atoms with E-state index in [2.05, 4.69) is 25.7 Å². The third kappa shape index (κ3) is 3.07. The molecule has 0 fully saturated rings. The summed E-state index contributed by atoms with van der Waals surface area (Å²) in [6.07, 6.45) is 0. The van der Waals surface area contributed by atoms with Crippen LogP contribution in [0.2, 0.25) is 0 Å². The van der Waals surface area contributed by atoms with Crippen LogP contribution in [0, 0.1) is 6.92 Å². The third-order valence-electron chi connectivity index (χ3n) is 3.53. The second-order valence-corrected chi connectivity index (χ2v) is 6.21. The number of H-pyrrole nitrogens is 1. The lowest BCUT2D eigenvalue weighted by molar-refractivity contribution is 0.102. The van der Waals surface area contributed by atoms with Crippen molar-refractivity contribution in [3.8, 4) is 22.0 Å². The van der Waals surface area contributed by atoms with Crippen molar-refractivity contribution >= 4 is 22.9 Å². The molecule has 124 valence electrons. The number of nitrogens with zero attached hydrogens (tertiary/aromatic N) is 3. The van der Waals surface area contributed by atoms with E-state index in [9.17, 15) is 4.79 Å². The standard InChI is InChI=1S/C17H13N5O2S/c1-10-18-17(24-22-10)15-12(7-8-25-15)19-16(23)14-9-13(20-21-14)11-5-3-2-4-6-11/h2-9H,1H3,(H,19,23)(H,20,21). The van der Waals surface area contributed by atoms with Gasteiger partial charge in [0, 0.05) is 5.56 Å². The topological polar surface area (TPSA) is 96.7 Å². The van der Waals surface area contributed by atoms with Gasteiger partial charge in [-0.15, -0.1) is 11.3 Å². The maximum Gasteiger partial charge on any atom is 0.273 e. The maximum atomic E-state index is 12.5. The zero-order valence-corrected chi connectivity index (χ0v) is 14.0. The number of amides is 1. The molecule has 0 spiro atoms. The van der Waals surface area contributed by atoms with Crippen LogP contribution in [0.25, 0.3) is 22.0 Å². The predicted molar refractivity (Wildman–Crippen MR) is 94.3 cm³/mol. The third-order valence-corrected chi connectivity index (χ3v) is 4.43. The SMILES string of the molecule is Cc1noc(-c2sccc2NC(=O)c2cc(-c3ccccc3)n[nH]2)n1. The minimum Gasteiger partial charge on any atom is -0.333 e. The molecule has 0 radical (unpaired) electrons. The Morgan fingerprint density at radius 1 is 1.24 bits per heavy atom. The molecule has 3 aromatic heterocycles. The van der Waals surface area contributed by atoms with Crippen molar-refractivity contribution in [1.82, 2.24) is 20.3 Å². The van der Waals surface area contributed by atoms with Gasteiger partial charge >= 0.3 is 0 Å². The van der Waals surface area contributed by atoms with E-state index < -0.39 is 0 Å². The summed E-state index contributed by atoms with van der Waals surface area (Å²) in [5, 5.41) is 15.5. The molecule has 0 saturated carbocycles. The van der Waals surface area contributed by atoms with Gasteiger partial charge in [-0.3, -0.25) is 9.89 Å². The van der Waals surface area contributed by atoms with Crippen molar-refractivity contribution in [2.75, 3.05) is 5.32 Å². The molecule has 25 heavy (non-hydrogen) atoms. The molecule has 0 aliphatic rings. The van der Waals surface area contributed by atoms with Gasteiger partial charge in [0.15, 0.2) is 5.82 Å². The van der Waals surface area contributed by atoms with E-state index in [1.807, 2.05) is 35.7 Å². The van der Waals surface area contributed by atoms with E-state index in [1.165, 1.54) is 11.3 Å². The van der Waals surface area contributed by atoms with Crippen molar-refractivity contribution < 1.29 is 9.32 Å². The van der Waals surface area contributed by atoms with E-state index in [0.717, 1.165) is 10.4 Å².